The minimum atomic E-state index is -0.857. The fourth-order valence-electron chi connectivity index (χ4n) is 1.54. The van der Waals surface area contributed by atoms with Crippen molar-refractivity contribution in [2.75, 3.05) is 6.54 Å². The summed E-state index contributed by atoms with van der Waals surface area (Å²) in [7, 11) is 0. The van der Waals surface area contributed by atoms with Gasteiger partial charge in [0, 0.05) is 13.0 Å². The van der Waals surface area contributed by atoms with Gasteiger partial charge in [0.2, 0.25) is 5.91 Å². The van der Waals surface area contributed by atoms with Crippen LogP contribution < -0.4 is 5.32 Å². The summed E-state index contributed by atoms with van der Waals surface area (Å²) < 4.78 is 0. The van der Waals surface area contributed by atoms with Crippen LogP contribution >= 0.6 is 0 Å². The maximum Gasteiger partial charge on any atom is 0.308 e. The van der Waals surface area contributed by atoms with Crippen LogP contribution in [0.25, 0.3) is 0 Å². The summed E-state index contributed by atoms with van der Waals surface area (Å²) in [5.74, 6) is -1.50. The summed E-state index contributed by atoms with van der Waals surface area (Å²) in [6.07, 6.45) is 3.20. The highest BCUT2D eigenvalue weighted by Crippen LogP contribution is 2.24. The average Bonchev–Trinajstić information content (AvgIpc) is 2.19. The Balaban J connectivity index is 4.14. The number of carbonyl (C=O) groups excluding carboxylic acids is 1. The molecular weight excluding hydrogens is 218 g/mol. The van der Waals surface area contributed by atoms with Crippen molar-refractivity contribution < 1.29 is 14.7 Å². The first kappa shape index (κ1) is 15.7. The molecule has 0 radical (unpaired) electrons. The van der Waals surface area contributed by atoms with Gasteiger partial charge in [-0.2, -0.15) is 0 Å². The fourth-order valence-corrected chi connectivity index (χ4v) is 1.54. The zero-order valence-electron chi connectivity index (χ0n) is 11.0. The van der Waals surface area contributed by atoms with E-state index in [2.05, 4.69) is 11.9 Å². The average molecular weight is 241 g/mol. The molecule has 0 rings (SSSR count). The maximum absolute atomic E-state index is 11.3. The molecule has 4 heteroatoms. The Morgan fingerprint density at radius 3 is 2.41 bits per heavy atom. The largest absolute Gasteiger partial charge is 0.481 e. The molecule has 0 saturated heterocycles. The molecule has 0 fully saturated rings. The van der Waals surface area contributed by atoms with E-state index in [9.17, 15) is 9.59 Å². The van der Waals surface area contributed by atoms with Gasteiger partial charge in [0.25, 0.3) is 0 Å². The van der Waals surface area contributed by atoms with Crippen LogP contribution in [-0.2, 0) is 9.59 Å². The van der Waals surface area contributed by atoms with Crippen molar-refractivity contribution in [2.24, 2.45) is 11.3 Å². The highest BCUT2D eigenvalue weighted by atomic mass is 16.4. The lowest BCUT2D eigenvalue weighted by Crippen LogP contribution is -2.34. The highest BCUT2D eigenvalue weighted by molar-refractivity contribution is 5.77. The lowest BCUT2D eigenvalue weighted by atomic mass is 9.84. The van der Waals surface area contributed by atoms with Gasteiger partial charge in [-0.3, -0.25) is 9.59 Å². The first-order valence-electron chi connectivity index (χ1n) is 5.86. The van der Waals surface area contributed by atoms with Crippen molar-refractivity contribution >= 4 is 11.9 Å². The van der Waals surface area contributed by atoms with Crippen LogP contribution in [0.1, 0.15) is 40.0 Å². The first-order valence-corrected chi connectivity index (χ1v) is 5.86. The molecule has 0 aromatic rings. The molecule has 0 aliphatic carbocycles. The monoisotopic (exact) mass is 241 g/mol. The Morgan fingerprint density at radius 1 is 1.41 bits per heavy atom. The quantitative estimate of drug-likeness (QED) is 0.671. The van der Waals surface area contributed by atoms with E-state index in [-0.39, 0.29) is 17.9 Å². The van der Waals surface area contributed by atoms with Crippen LogP contribution in [0.15, 0.2) is 12.7 Å². The normalized spacial score (nSPS) is 12.9. The van der Waals surface area contributed by atoms with Crippen molar-refractivity contribution in [3.05, 3.63) is 12.7 Å². The zero-order chi connectivity index (χ0) is 13.5. The first-order chi connectivity index (χ1) is 7.76. The molecule has 4 nitrogen and oxygen atoms in total. The summed E-state index contributed by atoms with van der Waals surface area (Å²) in [6, 6.07) is 0. The van der Waals surface area contributed by atoms with Crippen molar-refractivity contribution in [1.29, 1.82) is 0 Å². The third kappa shape index (κ3) is 8.48. The topological polar surface area (TPSA) is 66.4 Å². The molecule has 1 atom stereocenters. The van der Waals surface area contributed by atoms with E-state index in [1.807, 2.05) is 20.8 Å². The molecule has 0 aromatic heterocycles. The van der Waals surface area contributed by atoms with Gasteiger partial charge in [-0.05, 0) is 18.3 Å². The summed E-state index contributed by atoms with van der Waals surface area (Å²) in [5, 5.41) is 11.7. The van der Waals surface area contributed by atoms with Crippen molar-refractivity contribution in [3.63, 3.8) is 0 Å². The van der Waals surface area contributed by atoms with Crippen LogP contribution in [0.2, 0.25) is 0 Å². The number of hydrogen-bond donors (Lipinski definition) is 2. The SMILES string of the molecule is C=CCCC(=O)NCC(CC(C)(C)C)C(=O)O. The number of carboxylic acid groups (broad SMARTS) is 1. The van der Waals surface area contributed by atoms with E-state index >= 15 is 0 Å². The minimum Gasteiger partial charge on any atom is -0.481 e. The molecule has 0 spiro atoms. The molecule has 2 N–H and O–H groups in total. The van der Waals surface area contributed by atoms with Crippen LogP contribution in [0.4, 0.5) is 0 Å². The standard InChI is InChI=1S/C13H23NO3/c1-5-6-7-11(15)14-9-10(12(16)17)8-13(2,3)4/h5,10H,1,6-9H2,2-4H3,(H,14,15)(H,16,17). The zero-order valence-corrected chi connectivity index (χ0v) is 11.0. The van der Waals surface area contributed by atoms with E-state index in [4.69, 9.17) is 5.11 Å². The molecule has 0 heterocycles. The number of nitrogens with one attached hydrogen (secondary N) is 1. The minimum absolute atomic E-state index is 0.0606. The van der Waals surface area contributed by atoms with Gasteiger partial charge in [-0.25, -0.2) is 0 Å². The van der Waals surface area contributed by atoms with Gasteiger partial charge >= 0.3 is 5.97 Å². The molecule has 0 bridgehead atoms. The Kier molecular flexibility index (Phi) is 6.54. The second kappa shape index (κ2) is 7.09. The van der Waals surface area contributed by atoms with Crippen LogP contribution in [0.3, 0.4) is 0 Å². The number of rotatable bonds is 7. The smallest absolute Gasteiger partial charge is 0.308 e. The molecule has 1 unspecified atom stereocenters. The number of aliphatic carboxylic acids is 1. The Bertz CT molecular complexity index is 279. The number of carboxylic acids is 1. The molecule has 1 amide bonds. The number of allylic oxidation sites excluding steroid dienone is 1. The second-order valence-corrected chi connectivity index (χ2v) is 5.43. The van der Waals surface area contributed by atoms with Gasteiger partial charge in [0.05, 0.1) is 5.92 Å². The predicted octanol–water partition coefficient (Wildman–Crippen LogP) is 2.21. The summed E-state index contributed by atoms with van der Waals surface area (Å²) in [4.78, 5) is 22.4. The summed E-state index contributed by atoms with van der Waals surface area (Å²) >= 11 is 0. The third-order valence-electron chi connectivity index (χ3n) is 2.33. The lowest BCUT2D eigenvalue weighted by molar-refractivity contribution is -0.142. The van der Waals surface area contributed by atoms with E-state index < -0.39 is 11.9 Å². The molecule has 0 aliphatic rings. The molecule has 17 heavy (non-hydrogen) atoms. The maximum atomic E-state index is 11.3. The number of amides is 1. The predicted molar refractivity (Wildman–Crippen MR) is 67.6 cm³/mol. The molecule has 0 saturated carbocycles. The van der Waals surface area contributed by atoms with Gasteiger partial charge in [-0.1, -0.05) is 26.8 Å². The molecular formula is C13H23NO3. The van der Waals surface area contributed by atoms with E-state index in [1.54, 1.807) is 6.08 Å². The van der Waals surface area contributed by atoms with E-state index in [1.165, 1.54) is 0 Å². The second-order valence-electron chi connectivity index (χ2n) is 5.43. The third-order valence-corrected chi connectivity index (χ3v) is 2.33. The van der Waals surface area contributed by atoms with Gasteiger partial charge in [-0.15, -0.1) is 6.58 Å². The lowest BCUT2D eigenvalue weighted by Gasteiger charge is -2.23. The molecule has 98 valence electrons. The van der Waals surface area contributed by atoms with Crippen LogP contribution in [0.5, 0.6) is 0 Å². The Morgan fingerprint density at radius 2 is 2.00 bits per heavy atom. The van der Waals surface area contributed by atoms with Crippen molar-refractivity contribution in [3.8, 4) is 0 Å². The van der Waals surface area contributed by atoms with Crippen molar-refractivity contribution in [1.82, 2.24) is 5.32 Å². The fraction of sp³-hybridized carbons (Fsp3) is 0.692. The van der Waals surface area contributed by atoms with Crippen LogP contribution in [0, 0.1) is 11.3 Å². The molecule has 0 aliphatic heterocycles. The van der Waals surface area contributed by atoms with E-state index in [0.29, 0.717) is 19.3 Å². The van der Waals surface area contributed by atoms with Gasteiger partial charge < -0.3 is 10.4 Å². The number of hydrogen-bond acceptors (Lipinski definition) is 2. The van der Waals surface area contributed by atoms with Crippen molar-refractivity contribution in [2.45, 2.75) is 40.0 Å². The van der Waals surface area contributed by atoms with Gasteiger partial charge in [0.1, 0.15) is 0 Å². The number of carbonyl (C=O) groups is 2. The Labute approximate surface area is 103 Å². The Hall–Kier alpha value is -1.32. The summed E-state index contributed by atoms with van der Waals surface area (Å²) in [5.41, 5.74) is -0.0606. The van der Waals surface area contributed by atoms with E-state index in [0.717, 1.165) is 0 Å². The molecule has 0 aromatic carbocycles. The highest BCUT2D eigenvalue weighted by Gasteiger charge is 2.24. The van der Waals surface area contributed by atoms with Gasteiger partial charge in [0.15, 0.2) is 0 Å². The summed E-state index contributed by atoms with van der Waals surface area (Å²) in [6.45, 7) is 9.69. The van der Waals surface area contributed by atoms with Crippen LogP contribution in [-0.4, -0.2) is 23.5 Å².